The van der Waals surface area contributed by atoms with Gasteiger partial charge in [0, 0.05) is 7.05 Å². The molecule has 0 N–H and O–H groups in total. The Morgan fingerprint density at radius 2 is 2.06 bits per heavy atom. The number of ether oxygens (including phenoxy) is 1. The molecule has 100 valence electrons. The average molecular weight is 254 g/mol. The number of amides is 2. The zero-order chi connectivity index (χ0) is 13.3. The number of hydrogen-bond donors (Lipinski definition) is 0. The molecule has 0 aromatic rings. The topological polar surface area (TPSA) is 66.9 Å². The Hall–Kier alpha value is -1.43. The van der Waals surface area contributed by atoms with Gasteiger partial charge in [0.1, 0.15) is 6.04 Å². The van der Waals surface area contributed by atoms with Crippen LogP contribution in [0.2, 0.25) is 0 Å². The highest BCUT2D eigenvalue weighted by molar-refractivity contribution is 6.05. The van der Waals surface area contributed by atoms with Gasteiger partial charge in [0.15, 0.2) is 0 Å². The third-order valence-corrected chi connectivity index (χ3v) is 3.78. The van der Waals surface area contributed by atoms with E-state index in [1.165, 1.54) is 14.2 Å². The standard InChI is InChI=1S/C12H18N2O4/c1-13-10(15)7-9(11(13)16)14-6-4-3-5-8(14)12(17)18-2/h8-9H,3-7H2,1-2H3/t8-,9?/m1/s1. The predicted molar refractivity (Wildman–Crippen MR) is 62.5 cm³/mol. The van der Waals surface area contributed by atoms with Crippen LogP contribution in [-0.2, 0) is 19.1 Å². The Bertz CT molecular complexity index is 382. The summed E-state index contributed by atoms with van der Waals surface area (Å²) in [5.41, 5.74) is 0. The number of likely N-dealkylation sites (N-methyl/N-ethyl adjacent to an activating group) is 1. The lowest BCUT2D eigenvalue weighted by atomic mass is 9.99. The van der Waals surface area contributed by atoms with Crippen LogP contribution in [0.1, 0.15) is 25.7 Å². The highest BCUT2D eigenvalue weighted by Crippen LogP contribution is 2.26. The third kappa shape index (κ3) is 2.12. The number of methoxy groups -OCH3 is 1. The number of nitrogens with zero attached hydrogens (tertiary/aromatic N) is 2. The maximum Gasteiger partial charge on any atom is 0.323 e. The minimum Gasteiger partial charge on any atom is -0.468 e. The van der Waals surface area contributed by atoms with Crippen molar-refractivity contribution < 1.29 is 19.1 Å². The molecule has 0 aromatic heterocycles. The van der Waals surface area contributed by atoms with Crippen LogP contribution >= 0.6 is 0 Å². The number of hydrogen-bond acceptors (Lipinski definition) is 5. The molecular formula is C12H18N2O4. The molecule has 0 spiro atoms. The van der Waals surface area contributed by atoms with Gasteiger partial charge >= 0.3 is 5.97 Å². The second kappa shape index (κ2) is 5.06. The van der Waals surface area contributed by atoms with Crippen LogP contribution in [0.5, 0.6) is 0 Å². The Labute approximate surface area is 106 Å². The lowest BCUT2D eigenvalue weighted by Gasteiger charge is -2.36. The molecule has 0 aromatic carbocycles. The van der Waals surface area contributed by atoms with Gasteiger partial charge in [0.25, 0.3) is 0 Å². The molecule has 0 aliphatic carbocycles. The van der Waals surface area contributed by atoms with Crippen LogP contribution in [-0.4, -0.2) is 60.4 Å². The molecule has 2 aliphatic rings. The van der Waals surface area contributed by atoms with Gasteiger partial charge in [0.2, 0.25) is 11.8 Å². The second-order valence-corrected chi connectivity index (χ2v) is 4.78. The van der Waals surface area contributed by atoms with Crippen molar-refractivity contribution in [3.05, 3.63) is 0 Å². The molecule has 2 heterocycles. The summed E-state index contributed by atoms with van der Waals surface area (Å²) in [7, 11) is 2.84. The van der Waals surface area contributed by atoms with E-state index in [1.807, 2.05) is 4.90 Å². The van der Waals surface area contributed by atoms with Crippen LogP contribution in [0.15, 0.2) is 0 Å². The molecule has 2 rings (SSSR count). The fourth-order valence-electron chi connectivity index (χ4n) is 2.71. The van der Waals surface area contributed by atoms with Gasteiger partial charge in [-0.05, 0) is 19.4 Å². The highest BCUT2D eigenvalue weighted by Gasteiger charge is 2.44. The summed E-state index contributed by atoms with van der Waals surface area (Å²) in [6.45, 7) is 0.664. The summed E-state index contributed by atoms with van der Waals surface area (Å²) < 4.78 is 4.78. The molecule has 2 amide bonds. The summed E-state index contributed by atoms with van der Waals surface area (Å²) in [4.78, 5) is 38.2. The van der Waals surface area contributed by atoms with E-state index < -0.39 is 12.1 Å². The van der Waals surface area contributed by atoms with Crippen LogP contribution in [0, 0.1) is 0 Å². The number of imide groups is 1. The van der Waals surface area contributed by atoms with Crippen LogP contribution < -0.4 is 0 Å². The maximum atomic E-state index is 12.0. The molecule has 1 unspecified atom stereocenters. The average Bonchev–Trinajstić information content (AvgIpc) is 2.65. The molecule has 2 aliphatic heterocycles. The van der Waals surface area contributed by atoms with E-state index >= 15 is 0 Å². The van der Waals surface area contributed by atoms with Crippen molar-refractivity contribution in [2.45, 2.75) is 37.8 Å². The summed E-state index contributed by atoms with van der Waals surface area (Å²) >= 11 is 0. The number of carbonyl (C=O) groups excluding carboxylic acids is 3. The van der Waals surface area contributed by atoms with Gasteiger partial charge in [-0.25, -0.2) is 0 Å². The quantitative estimate of drug-likeness (QED) is 0.503. The number of likely N-dealkylation sites (tertiary alicyclic amines) is 2. The first-order valence-electron chi connectivity index (χ1n) is 6.20. The zero-order valence-electron chi connectivity index (χ0n) is 10.7. The van der Waals surface area contributed by atoms with Crippen LogP contribution in [0.25, 0.3) is 0 Å². The smallest absolute Gasteiger partial charge is 0.323 e. The van der Waals surface area contributed by atoms with Gasteiger partial charge < -0.3 is 4.74 Å². The summed E-state index contributed by atoms with van der Waals surface area (Å²) in [6, 6.07) is -0.885. The second-order valence-electron chi connectivity index (χ2n) is 4.78. The van der Waals surface area contributed by atoms with Crippen LogP contribution in [0.3, 0.4) is 0 Å². The van der Waals surface area contributed by atoms with E-state index in [1.54, 1.807) is 0 Å². The Kier molecular flexibility index (Phi) is 3.65. The van der Waals surface area contributed by atoms with E-state index in [-0.39, 0.29) is 24.2 Å². The van der Waals surface area contributed by atoms with Gasteiger partial charge in [-0.2, -0.15) is 0 Å². The van der Waals surface area contributed by atoms with Crippen molar-refractivity contribution in [1.29, 1.82) is 0 Å². The molecule has 0 bridgehead atoms. The zero-order valence-corrected chi connectivity index (χ0v) is 10.7. The largest absolute Gasteiger partial charge is 0.468 e. The van der Waals surface area contributed by atoms with Gasteiger partial charge in [0.05, 0.1) is 19.6 Å². The molecule has 0 radical (unpaired) electrons. The fraction of sp³-hybridized carbons (Fsp3) is 0.750. The van der Waals surface area contributed by atoms with Crippen molar-refractivity contribution >= 4 is 17.8 Å². The first-order valence-corrected chi connectivity index (χ1v) is 6.20. The predicted octanol–water partition coefficient (Wildman–Crippen LogP) is -0.229. The molecule has 2 saturated heterocycles. The Balaban J connectivity index is 2.17. The lowest BCUT2D eigenvalue weighted by molar-refractivity contribution is -0.150. The van der Waals surface area contributed by atoms with E-state index in [4.69, 9.17) is 4.74 Å². The maximum absolute atomic E-state index is 12.0. The first-order chi connectivity index (χ1) is 8.56. The monoisotopic (exact) mass is 254 g/mol. The number of carbonyl (C=O) groups is 3. The summed E-state index contributed by atoms with van der Waals surface area (Å²) in [5, 5.41) is 0. The van der Waals surface area contributed by atoms with Gasteiger partial charge in [-0.15, -0.1) is 0 Å². The molecule has 6 nitrogen and oxygen atoms in total. The number of rotatable bonds is 2. The molecular weight excluding hydrogens is 236 g/mol. The van der Waals surface area contributed by atoms with E-state index in [0.29, 0.717) is 13.0 Å². The molecule has 2 atom stereocenters. The normalized spacial score (nSPS) is 29.8. The van der Waals surface area contributed by atoms with E-state index in [0.717, 1.165) is 17.7 Å². The van der Waals surface area contributed by atoms with Gasteiger partial charge in [-0.3, -0.25) is 24.2 Å². The molecule has 6 heteroatoms. The van der Waals surface area contributed by atoms with E-state index in [9.17, 15) is 14.4 Å². The van der Waals surface area contributed by atoms with Gasteiger partial charge in [-0.1, -0.05) is 6.42 Å². The molecule has 0 saturated carbocycles. The van der Waals surface area contributed by atoms with Crippen molar-refractivity contribution in [1.82, 2.24) is 9.80 Å². The SMILES string of the molecule is COC(=O)[C@H]1CCCCN1C1CC(=O)N(C)C1=O. The first kappa shape index (κ1) is 13.0. The van der Waals surface area contributed by atoms with Crippen molar-refractivity contribution in [2.75, 3.05) is 20.7 Å². The minimum atomic E-state index is -0.494. The fourth-order valence-corrected chi connectivity index (χ4v) is 2.71. The number of piperidine rings is 1. The summed E-state index contributed by atoms with van der Waals surface area (Å²) in [6.07, 6.45) is 2.74. The minimum absolute atomic E-state index is 0.169. The van der Waals surface area contributed by atoms with Crippen molar-refractivity contribution in [3.8, 4) is 0 Å². The lowest BCUT2D eigenvalue weighted by Crippen LogP contribution is -2.52. The molecule has 18 heavy (non-hydrogen) atoms. The van der Waals surface area contributed by atoms with E-state index in [2.05, 4.69) is 0 Å². The Morgan fingerprint density at radius 3 is 2.61 bits per heavy atom. The number of esters is 1. The van der Waals surface area contributed by atoms with Crippen molar-refractivity contribution in [3.63, 3.8) is 0 Å². The third-order valence-electron chi connectivity index (χ3n) is 3.78. The Morgan fingerprint density at radius 1 is 1.33 bits per heavy atom. The van der Waals surface area contributed by atoms with Crippen molar-refractivity contribution in [2.24, 2.45) is 0 Å². The van der Waals surface area contributed by atoms with Crippen LogP contribution in [0.4, 0.5) is 0 Å². The molecule has 2 fully saturated rings. The summed E-state index contributed by atoms with van der Waals surface area (Å²) in [5.74, 6) is -0.709. The highest BCUT2D eigenvalue weighted by atomic mass is 16.5.